The minimum absolute atomic E-state index is 0.671. The number of hydrogen-bond donors (Lipinski definition) is 2. The van der Waals surface area contributed by atoms with Crippen LogP contribution >= 0.6 is 0 Å². The van der Waals surface area contributed by atoms with Crippen molar-refractivity contribution in [3.8, 4) is 0 Å². The molecule has 0 aliphatic rings. The summed E-state index contributed by atoms with van der Waals surface area (Å²) in [6, 6.07) is 2.21. The zero-order valence-corrected chi connectivity index (χ0v) is 12.8. The molecule has 0 heterocycles. The molecule has 0 radical (unpaired) electrons. The van der Waals surface area contributed by atoms with Gasteiger partial charge in [0.15, 0.2) is 0 Å². The first-order chi connectivity index (χ1) is 8.66. The van der Waals surface area contributed by atoms with Crippen LogP contribution in [0.4, 0.5) is 0 Å². The number of carboxylic acid groups (broad SMARTS) is 1. The Labute approximate surface area is 116 Å². The normalized spacial score (nSPS) is 11.7. The molecular weight excluding hydrogens is 238 g/mol. The van der Waals surface area contributed by atoms with E-state index >= 15 is 0 Å². The second-order valence-corrected chi connectivity index (χ2v) is 5.85. The zero-order valence-electron chi connectivity index (χ0n) is 12.8. The maximum absolute atomic E-state index is 11.0. The van der Waals surface area contributed by atoms with Crippen molar-refractivity contribution in [3.05, 3.63) is 33.9 Å². The predicted molar refractivity (Wildman–Crippen MR) is 78.8 cm³/mol. The molecule has 0 bridgehead atoms. The third kappa shape index (κ3) is 3.57. The molecule has 0 atom stereocenters. The summed E-state index contributed by atoms with van der Waals surface area (Å²) in [4.78, 5) is 11.0. The number of carboxylic acids is 1. The molecule has 106 valence electrons. The third-order valence-corrected chi connectivity index (χ3v) is 4.00. The lowest BCUT2D eigenvalue weighted by molar-refractivity contribution is -0.143. The van der Waals surface area contributed by atoms with E-state index in [4.69, 9.17) is 5.11 Å². The summed E-state index contributed by atoms with van der Waals surface area (Å²) in [5.74, 6) is -0.818. The van der Waals surface area contributed by atoms with Crippen molar-refractivity contribution in [2.24, 2.45) is 0 Å². The molecule has 0 unspecified atom stereocenters. The molecule has 2 N–H and O–H groups in total. The Morgan fingerprint density at radius 2 is 1.63 bits per heavy atom. The average molecular weight is 263 g/mol. The van der Waals surface area contributed by atoms with Crippen LogP contribution in [0, 0.1) is 27.7 Å². The van der Waals surface area contributed by atoms with E-state index in [9.17, 15) is 4.79 Å². The van der Waals surface area contributed by atoms with Crippen molar-refractivity contribution in [2.45, 2.75) is 53.5 Å². The molecule has 0 aliphatic heterocycles. The molecule has 0 aromatic heterocycles. The van der Waals surface area contributed by atoms with Crippen molar-refractivity contribution in [3.63, 3.8) is 0 Å². The van der Waals surface area contributed by atoms with Gasteiger partial charge in [0.1, 0.15) is 5.54 Å². The Morgan fingerprint density at radius 3 is 2.05 bits per heavy atom. The quantitative estimate of drug-likeness (QED) is 0.858. The summed E-state index contributed by atoms with van der Waals surface area (Å²) in [5.41, 5.74) is 5.70. The number of carbonyl (C=O) groups is 1. The lowest BCUT2D eigenvalue weighted by Gasteiger charge is -2.22. The summed E-state index contributed by atoms with van der Waals surface area (Å²) in [6.45, 7) is 12.6. The molecular formula is C16H25NO2. The van der Waals surface area contributed by atoms with Gasteiger partial charge in [-0.05, 0) is 75.8 Å². The van der Waals surface area contributed by atoms with E-state index in [1.807, 2.05) is 0 Å². The first-order valence-corrected chi connectivity index (χ1v) is 6.71. The van der Waals surface area contributed by atoms with E-state index in [-0.39, 0.29) is 0 Å². The van der Waals surface area contributed by atoms with E-state index in [0.717, 1.165) is 6.42 Å². The van der Waals surface area contributed by atoms with Gasteiger partial charge in [-0.15, -0.1) is 0 Å². The van der Waals surface area contributed by atoms with Gasteiger partial charge in [0, 0.05) is 6.54 Å². The molecule has 0 amide bonds. The van der Waals surface area contributed by atoms with Crippen LogP contribution in [0.3, 0.4) is 0 Å². The molecule has 0 saturated carbocycles. The molecule has 3 heteroatoms. The third-order valence-electron chi connectivity index (χ3n) is 4.00. The van der Waals surface area contributed by atoms with E-state index in [1.54, 1.807) is 13.8 Å². The molecule has 1 aromatic carbocycles. The smallest absolute Gasteiger partial charge is 0.323 e. The van der Waals surface area contributed by atoms with Gasteiger partial charge in [0.25, 0.3) is 0 Å². The number of benzene rings is 1. The summed E-state index contributed by atoms with van der Waals surface area (Å²) in [5, 5.41) is 12.2. The minimum atomic E-state index is -0.874. The van der Waals surface area contributed by atoms with Crippen LogP contribution in [0.2, 0.25) is 0 Å². The van der Waals surface area contributed by atoms with Crippen molar-refractivity contribution < 1.29 is 9.90 Å². The van der Waals surface area contributed by atoms with Crippen molar-refractivity contribution >= 4 is 5.97 Å². The molecule has 1 aromatic rings. The second-order valence-electron chi connectivity index (χ2n) is 5.85. The maximum atomic E-state index is 11.0. The van der Waals surface area contributed by atoms with Gasteiger partial charge in [0.2, 0.25) is 0 Å². The van der Waals surface area contributed by atoms with E-state index in [1.165, 1.54) is 27.8 Å². The summed E-state index contributed by atoms with van der Waals surface area (Å²) < 4.78 is 0. The van der Waals surface area contributed by atoms with Crippen LogP contribution in [0.5, 0.6) is 0 Å². The van der Waals surface area contributed by atoms with Gasteiger partial charge in [-0.2, -0.15) is 0 Å². The van der Waals surface area contributed by atoms with Crippen LogP contribution in [-0.2, 0) is 11.2 Å². The number of aryl methyl sites for hydroxylation is 2. The van der Waals surface area contributed by atoms with Gasteiger partial charge >= 0.3 is 5.97 Å². The van der Waals surface area contributed by atoms with Crippen LogP contribution < -0.4 is 5.32 Å². The van der Waals surface area contributed by atoms with Crippen molar-refractivity contribution in [2.75, 3.05) is 6.54 Å². The monoisotopic (exact) mass is 263 g/mol. The summed E-state index contributed by atoms with van der Waals surface area (Å²) >= 11 is 0. The molecule has 0 aliphatic carbocycles. The Kier molecular flexibility index (Phi) is 4.75. The fourth-order valence-corrected chi connectivity index (χ4v) is 2.25. The second kappa shape index (κ2) is 5.74. The maximum Gasteiger partial charge on any atom is 0.323 e. The fourth-order valence-electron chi connectivity index (χ4n) is 2.25. The molecule has 1 rings (SSSR count). The fraction of sp³-hybridized carbons (Fsp3) is 0.562. The first kappa shape index (κ1) is 15.7. The highest BCUT2D eigenvalue weighted by atomic mass is 16.4. The molecule has 19 heavy (non-hydrogen) atoms. The van der Waals surface area contributed by atoms with Crippen molar-refractivity contribution in [1.29, 1.82) is 0 Å². The van der Waals surface area contributed by atoms with Gasteiger partial charge < -0.3 is 10.4 Å². The lowest BCUT2D eigenvalue weighted by Crippen LogP contribution is -2.47. The summed E-state index contributed by atoms with van der Waals surface area (Å²) in [7, 11) is 0. The van der Waals surface area contributed by atoms with Crippen molar-refractivity contribution in [1.82, 2.24) is 5.32 Å². The van der Waals surface area contributed by atoms with Crippen LogP contribution in [0.1, 0.15) is 41.7 Å². The Balaban J connectivity index is 2.82. The molecule has 3 nitrogen and oxygen atoms in total. The predicted octanol–water partition coefficient (Wildman–Crippen LogP) is 2.92. The van der Waals surface area contributed by atoms with Crippen LogP contribution in [0.15, 0.2) is 6.07 Å². The highest BCUT2D eigenvalue weighted by Crippen LogP contribution is 2.22. The highest BCUT2D eigenvalue weighted by Gasteiger charge is 2.25. The standard InChI is InChI=1S/C16H25NO2/c1-10-9-11(2)13(4)14(12(10)3)7-8-17-16(5,6)15(18)19/h9,17H,7-8H2,1-6H3,(H,18,19). The van der Waals surface area contributed by atoms with Crippen LogP contribution in [0.25, 0.3) is 0 Å². The van der Waals surface area contributed by atoms with Gasteiger partial charge in [-0.1, -0.05) is 6.07 Å². The summed E-state index contributed by atoms with van der Waals surface area (Å²) in [6.07, 6.45) is 0.858. The Hall–Kier alpha value is -1.35. The topological polar surface area (TPSA) is 49.3 Å². The van der Waals surface area contributed by atoms with Gasteiger partial charge in [-0.3, -0.25) is 4.79 Å². The van der Waals surface area contributed by atoms with E-state index in [0.29, 0.717) is 6.54 Å². The molecule has 0 saturated heterocycles. The number of aliphatic carboxylic acids is 1. The minimum Gasteiger partial charge on any atom is -0.480 e. The lowest BCUT2D eigenvalue weighted by atomic mass is 9.92. The SMILES string of the molecule is Cc1cc(C)c(C)c(CCNC(C)(C)C(=O)O)c1C. The first-order valence-electron chi connectivity index (χ1n) is 6.71. The Morgan fingerprint density at radius 1 is 1.16 bits per heavy atom. The largest absolute Gasteiger partial charge is 0.480 e. The van der Waals surface area contributed by atoms with Gasteiger partial charge in [-0.25, -0.2) is 0 Å². The van der Waals surface area contributed by atoms with E-state index in [2.05, 4.69) is 39.1 Å². The van der Waals surface area contributed by atoms with Crippen LogP contribution in [-0.4, -0.2) is 23.2 Å². The number of nitrogens with one attached hydrogen (secondary N) is 1. The molecule has 0 spiro atoms. The van der Waals surface area contributed by atoms with Gasteiger partial charge in [0.05, 0.1) is 0 Å². The van der Waals surface area contributed by atoms with E-state index < -0.39 is 11.5 Å². The number of hydrogen-bond acceptors (Lipinski definition) is 2. The average Bonchev–Trinajstić information content (AvgIpc) is 2.31. The highest BCUT2D eigenvalue weighted by molar-refractivity contribution is 5.77. The Bertz CT molecular complexity index is 464. The molecule has 0 fully saturated rings. The zero-order chi connectivity index (χ0) is 14.8. The number of rotatable bonds is 5.